The molecule has 0 aliphatic carbocycles. The summed E-state index contributed by atoms with van der Waals surface area (Å²) in [6, 6.07) is 0. The van der Waals surface area contributed by atoms with E-state index in [2.05, 4.69) is 99.8 Å². The Morgan fingerprint density at radius 2 is 0.823 bits per heavy atom. The fourth-order valence-electron chi connectivity index (χ4n) is 8.92. The third-order valence-electron chi connectivity index (χ3n) is 13.6. The molecule has 0 bridgehead atoms. The van der Waals surface area contributed by atoms with Gasteiger partial charge in [0.2, 0.25) is 0 Å². The van der Waals surface area contributed by atoms with Crippen LogP contribution in [0.15, 0.2) is 97.2 Å². The van der Waals surface area contributed by atoms with E-state index in [0.29, 0.717) is 25.7 Å². The molecule has 0 aromatic carbocycles. The number of unbranched alkanes of at least 4 members (excludes halogenated alkanes) is 22. The molecule has 0 saturated carbocycles. The topological polar surface area (TPSA) is 175 Å². The number of carbonyl (C=O) groups is 4. The number of carbonyl (C=O) groups excluding carboxylic acids is 3. The number of allylic oxidation sites excluding steroid dienone is 16. The molecular weight excluding hydrogens is 997 g/mol. The third-order valence-corrected chi connectivity index (χ3v) is 13.6. The van der Waals surface area contributed by atoms with Gasteiger partial charge >= 0.3 is 23.9 Å². The summed E-state index contributed by atoms with van der Waals surface area (Å²) in [5.74, 6) is -3.24. The van der Waals surface area contributed by atoms with E-state index in [1.807, 2.05) is 18.2 Å². The first-order chi connectivity index (χ1) is 38.6. The maximum Gasteiger partial charge on any atom is 0.335 e. The molecule has 0 aromatic rings. The quantitative estimate of drug-likeness (QED) is 0.0228. The lowest BCUT2D eigenvalue weighted by Gasteiger charge is -2.40. The van der Waals surface area contributed by atoms with Crippen molar-refractivity contribution in [1.82, 2.24) is 0 Å². The molecule has 1 fully saturated rings. The van der Waals surface area contributed by atoms with Gasteiger partial charge in [0, 0.05) is 19.3 Å². The van der Waals surface area contributed by atoms with E-state index in [1.54, 1.807) is 0 Å². The van der Waals surface area contributed by atoms with Crippen LogP contribution in [0.2, 0.25) is 0 Å². The highest BCUT2D eigenvalue weighted by molar-refractivity contribution is 5.74. The van der Waals surface area contributed by atoms with E-state index < -0.39 is 67.3 Å². The largest absolute Gasteiger partial charge is 0.479 e. The number of aliphatic hydroxyl groups excluding tert-OH is 2. The molecule has 1 aliphatic heterocycles. The van der Waals surface area contributed by atoms with Crippen LogP contribution >= 0.6 is 0 Å². The van der Waals surface area contributed by atoms with Crippen LogP contribution in [0.3, 0.4) is 0 Å². The number of rotatable bonds is 52. The van der Waals surface area contributed by atoms with Crippen molar-refractivity contribution >= 4 is 23.9 Å². The van der Waals surface area contributed by atoms with Gasteiger partial charge in [-0.15, -0.1) is 0 Å². The Hall–Kier alpha value is -4.36. The van der Waals surface area contributed by atoms with E-state index in [9.17, 15) is 34.5 Å². The Bertz CT molecular complexity index is 1740. The van der Waals surface area contributed by atoms with Crippen LogP contribution in [-0.4, -0.2) is 89.2 Å². The first-order valence-corrected chi connectivity index (χ1v) is 31.2. The Labute approximate surface area is 479 Å². The molecule has 0 spiro atoms. The highest BCUT2D eigenvalue weighted by Gasteiger charge is 2.50. The number of hydrogen-bond acceptors (Lipinski definition) is 11. The van der Waals surface area contributed by atoms with Crippen molar-refractivity contribution in [3.05, 3.63) is 97.2 Å². The van der Waals surface area contributed by atoms with Crippen molar-refractivity contribution in [2.75, 3.05) is 13.2 Å². The molecule has 1 heterocycles. The van der Waals surface area contributed by atoms with Crippen LogP contribution in [0, 0.1) is 0 Å². The van der Waals surface area contributed by atoms with Gasteiger partial charge in [0.25, 0.3) is 0 Å². The minimum Gasteiger partial charge on any atom is -0.479 e. The van der Waals surface area contributed by atoms with Gasteiger partial charge in [0.15, 0.2) is 24.6 Å². The molecule has 0 amide bonds. The van der Waals surface area contributed by atoms with E-state index in [-0.39, 0.29) is 25.9 Å². The lowest BCUT2D eigenvalue weighted by molar-refractivity contribution is -0.301. The summed E-state index contributed by atoms with van der Waals surface area (Å²) >= 11 is 0. The summed E-state index contributed by atoms with van der Waals surface area (Å²) in [5, 5.41) is 31.5. The normalized spacial score (nSPS) is 18.5. The SMILES string of the molecule is CC/C=C\C/C=C\C/C=C\C/C=C\CCC(=O)OC1C(OCC(COC(=O)CCCCCCCCCCC/C=C\CCCCCCCC)OC(=O)CCCCCCCCC/C=C\C/C=C\C/C=C\CC)OC(C(=O)O)C(O)C1O. The Morgan fingerprint density at radius 3 is 1.28 bits per heavy atom. The van der Waals surface area contributed by atoms with Crippen LogP contribution in [0.25, 0.3) is 0 Å². The molecule has 1 saturated heterocycles. The van der Waals surface area contributed by atoms with Crippen LogP contribution < -0.4 is 0 Å². The molecule has 1 rings (SSSR count). The lowest BCUT2D eigenvalue weighted by atomic mass is 9.98. The number of carboxylic acid groups (broad SMARTS) is 1. The van der Waals surface area contributed by atoms with Gasteiger partial charge in [-0.05, 0) is 103 Å². The zero-order valence-electron chi connectivity index (χ0n) is 49.6. The number of ether oxygens (including phenoxy) is 5. The fourth-order valence-corrected chi connectivity index (χ4v) is 8.92. The van der Waals surface area contributed by atoms with Crippen molar-refractivity contribution in [1.29, 1.82) is 0 Å². The van der Waals surface area contributed by atoms with E-state index in [4.69, 9.17) is 23.7 Å². The van der Waals surface area contributed by atoms with E-state index in [1.165, 1.54) is 83.5 Å². The van der Waals surface area contributed by atoms with Crippen LogP contribution in [0.5, 0.6) is 0 Å². The number of aliphatic carboxylic acids is 1. The molecule has 6 atom stereocenters. The summed E-state index contributed by atoms with van der Waals surface area (Å²) < 4.78 is 28.4. The van der Waals surface area contributed by atoms with Gasteiger partial charge < -0.3 is 39.0 Å². The minimum atomic E-state index is -1.93. The van der Waals surface area contributed by atoms with Gasteiger partial charge in [0.1, 0.15) is 18.8 Å². The van der Waals surface area contributed by atoms with Gasteiger partial charge in [-0.1, -0.05) is 227 Å². The number of aliphatic hydroxyl groups is 2. The molecule has 12 heteroatoms. The second-order valence-electron chi connectivity index (χ2n) is 20.9. The number of esters is 3. The summed E-state index contributed by atoms with van der Waals surface area (Å²) in [6.45, 7) is 5.73. The zero-order chi connectivity index (χ0) is 57.5. The fraction of sp³-hybridized carbons (Fsp3) is 0.701. The smallest absolute Gasteiger partial charge is 0.335 e. The van der Waals surface area contributed by atoms with Gasteiger partial charge in [-0.2, -0.15) is 0 Å². The summed E-state index contributed by atoms with van der Waals surface area (Å²) in [4.78, 5) is 51.2. The second kappa shape index (κ2) is 54.2. The molecule has 12 nitrogen and oxygen atoms in total. The van der Waals surface area contributed by atoms with Crippen LogP contribution in [0.1, 0.15) is 252 Å². The van der Waals surface area contributed by atoms with Crippen LogP contribution in [-0.2, 0) is 42.9 Å². The molecule has 79 heavy (non-hydrogen) atoms. The summed E-state index contributed by atoms with van der Waals surface area (Å²) in [7, 11) is 0. The highest BCUT2D eigenvalue weighted by Crippen LogP contribution is 2.26. The molecular formula is C67H110O12. The minimum absolute atomic E-state index is 0.0653. The molecule has 0 aromatic heterocycles. The number of carboxylic acids is 1. The highest BCUT2D eigenvalue weighted by atomic mass is 16.7. The molecule has 1 aliphatic rings. The zero-order valence-corrected chi connectivity index (χ0v) is 49.6. The first kappa shape index (κ1) is 72.7. The Kier molecular flexibility index (Phi) is 49.9. The Morgan fingerprint density at radius 1 is 0.430 bits per heavy atom. The summed E-state index contributed by atoms with van der Waals surface area (Å²) in [5.41, 5.74) is 0. The van der Waals surface area contributed by atoms with Crippen molar-refractivity contribution in [2.24, 2.45) is 0 Å². The lowest BCUT2D eigenvalue weighted by Crippen LogP contribution is -2.61. The molecule has 0 radical (unpaired) electrons. The molecule has 6 unspecified atom stereocenters. The molecule has 450 valence electrons. The van der Waals surface area contributed by atoms with Crippen molar-refractivity contribution in [2.45, 2.75) is 289 Å². The number of hydrogen-bond donors (Lipinski definition) is 3. The standard InChI is InChI=1S/C67H110O12/c1-4-7-10-13-16-19-22-25-27-29-30-32-33-36-38-41-44-47-50-53-59(68)75-56-58(77-60(69)54-51-48-45-42-40-37-34-31-28-26-23-20-17-14-11-8-5-2)57-76-67-65(63(72)62(71)64(79-67)66(73)74)78-61(70)55-52-49-46-43-39-35-24-21-18-15-12-9-6-3/h8-9,11-12,17-18,20-21,25-28,35,39,46,49,58,62-65,67,71-72H,4-7,10,13-16,19,22-24,29-34,36-38,40-45,47-48,50-57H2,1-3H3,(H,73,74)/b11-8-,12-9-,20-17-,21-18-,27-25-,28-26-,39-35-,49-46-. The average molecular weight is 1110 g/mol. The van der Waals surface area contributed by atoms with E-state index in [0.717, 1.165) is 103 Å². The second-order valence-corrected chi connectivity index (χ2v) is 20.9. The van der Waals surface area contributed by atoms with Crippen molar-refractivity contribution in [3.63, 3.8) is 0 Å². The maximum absolute atomic E-state index is 13.2. The van der Waals surface area contributed by atoms with Gasteiger partial charge in [0.05, 0.1) is 6.61 Å². The monoisotopic (exact) mass is 1110 g/mol. The average Bonchev–Trinajstić information content (AvgIpc) is 3.46. The molecule has 3 N–H and O–H groups in total. The van der Waals surface area contributed by atoms with Crippen molar-refractivity contribution in [3.8, 4) is 0 Å². The van der Waals surface area contributed by atoms with E-state index >= 15 is 0 Å². The third kappa shape index (κ3) is 44.0. The van der Waals surface area contributed by atoms with Crippen molar-refractivity contribution < 1.29 is 58.2 Å². The Balaban J connectivity index is 2.70. The van der Waals surface area contributed by atoms with Gasteiger partial charge in [-0.3, -0.25) is 14.4 Å². The summed E-state index contributed by atoms with van der Waals surface area (Å²) in [6.07, 6.45) is 59.6. The predicted octanol–water partition coefficient (Wildman–Crippen LogP) is 16.5. The van der Waals surface area contributed by atoms with Gasteiger partial charge in [-0.25, -0.2) is 4.79 Å². The van der Waals surface area contributed by atoms with Crippen LogP contribution in [0.4, 0.5) is 0 Å². The first-order valence-electron chi connectivity index (χ1n) is 31.2. The predicted molar refractivity (Wildman–Crippen MR) is 321 cm³/mol. The maximum atomic E-state index is 13.2.